The Balaban J connectivity index is 2.60. The Morgan fingerprint density at radius 1 is 1.38 bits per heavy atom. The molecule has 1 saturated heterocycles. The van der Waals surface area contributed by atoms with Gasteiger partial charge in [0.05, 0.1) is 0 Å². The predicted octanol–water partition coefficient (Wildman–Crippen LogP) is 1.26. The van der Waals surface area contributed by atoms with Gasteiger partial charge in [0.15, 0.2) is 0 Å². The molecule has 0 amide bonds. The molecule has 0 aromatic rings. The van der Waals surface area contributed by atoms with Crippen LogP contribution in [0.1, 0.15) is 27.2 Å². The lowest BCUT2D eigenvalue weighted by atomic mass is 10.1. The average molecular weight is 227 g/mol. The van der Waals surface area contributed by atoms with Crippen molar-refractivity contribution in [1.29, 1.82) is 0 Å². The summed E-state index contributed by atoms with van der Waals surface area (Å²) in [7, 11) is 4.31. The molecule has 0 aromatic heterocycles. The molecule has 2 atom stereocenters. The maximum Gasteiger partial charge on any atom is 0.0344 e. The summed E-state index contributed by atoms with van der Waals surface area (Å²) in [6.07, 6.45) is 1.30. The molecule has 1 N–H and O–H groups in total. The first kappa shape index (κ1) is 13.9. The standard InChI is InChI=1S/C13H29N3/c1-11(2)9-16-10-13(8-14-4)15(5)7-6-12(16)3/h11-14H,6-10H2,1-5H3. The molecule has 0 bridgehead atoms. The van der Waals surface area contributed by atoms with Crippen LogP contribution in [0.15, 0.2) is 0 Å². The minimum Gasteiger partial charge on any atom is -0.318 e. The van der Waals surface area contributed by atoms with Gasteiger partial charge in [-0.2, -0.15) is 0 Å². The predicted molar refractivity (Wildman–Crippen MR) is 70.8 cm³/mol. The van der Waals surface area contributed by atoms with Gasteiger partial charge < -0.3 is 10.2 Å². The fourth-order valence-electron chi connectivity index (χ4n) is 2.53. The first-order valence-electron chi connectivity index (χ1n) is 6.63. The molecule has 2 unspecified atom stereocenters. The zero-order chi connectivity index (χ0) is 12.1. The SMILES string of the molecule is CNCC1CN(CC(C)C)C(C)CCN1C. The van der Waals surface area contributed by atoms with Crippen LogP contribution in [0.25, 0.3) is 0 Å². The summed E-state index contributed by atoms with van der Waals surface area (Å²) in [5.41, 5.74) is 0. The van der Waals surface area contributed by atoms with E-state index in [-0.39, 0.29) is 0 Å². The van der Waals surface area contributed by atoms with Crippen molar-refractivity contribution >= 4 is 0 Å². The number of hydrogen-bond donors (Lipinski definition) is 1. The first-order valence-corrected chi connectivity index (χ1v) is 6.63. The van der Waals surface area contributed by atoms with Crippen LogP contribution >= 0.6 is 0 Å². The van der Waals surface area contributed by atoms with Crippen LogP contribution in [0.5, 0.6) is 0 Å². The molecule has 0 radical (unpaired) electrons. The Bertz CT molecular complexity index is 194. The van der Waals surface area contributed by atoms with Crippen molar-refractivity contribution in [3.63, 3.8) is 0 Å². The van der Waals surface area contributed by atoms with Crippen molar-refractivity contribution in [3.8, 4) is 0 Å². The fourth-order valence-corrected chi connectivity index (χ4v) is 2.53. The van der Waals surface area contributed by atoms with E-state index in [9.17, 15) is 0 Å². The molecule has 3 nitrogen and oxygen atoms in total. The second-order valence-corrected chi connectivity index (χ2v) is 5.68. The molecule has 0 aliphatic carbocycles. The zero-order valence-electron chi connectivity index (χ0n) is 11.7. The van der Waals surface area contributed by atoms with Gasteiger partial charge in [-0.3, -0.25) is 4.90 Å². The number of nitrogens with zero attached hydrogens (tertiary/aromatic N) is 2. The lowest BCUT2D eigenvalue weighted by Gasteiger charge is -2.32. The number of likely N-dealkylation sites (N-methyl/N-ethyl adjacent to an activating group) is 2. The Morgan fingerprint density at radius 3 is 2.62 bits per heavy atom. The third kappa shape index (κ3) is 4.04. The van der Waals surface area contributed by atoms with Crippen molar-refractivity contribution in [2.24, 2.45) is 5.92 Å². The Morgan fingerprint density at radius 2 is 2.06 bits per heavy atom. The summed E-state index contributed by atoms with van der Waals surface area (Å²) in [4.78, 5) is 5.17. The number of hydrogen-bond acceptors (Lipinski definition) is 3. The zero-order valence-corrected chi connectivity index (χ0v) is 11.7. The van der Waals surface area contributed by atoms with Crippen molar-refractivity contribution in [2.45, 2.75) is 39.3 Å². The van der Waals surface area contributed by atoms with Crippen molar-refractivity contribution in [2.75, 3.05) is 40.3 Å². The normalized spacial score (nSPS) is 29.6. The van der Waals surface area contributed by atoms with Gasteiger partial charge in [-0.05, 0) is 39.9 Å². The Hall–Kier alpha value is -0.120. The molecular weight excluding hydrogens is 198 g/mol. The lowest BCUT2D eigenvalue weighted by Crippen LogP contribution is -2.46. The average Bonchev–Trinajstić information content (AvgIpc) is 2.33. The number of rotatable bonds is 4. The summed E-state index contributed by atoms with van der Waals surface area (Å²) in [5.74, 6) is 0.765. The molecule has 0 aromatic carbocycles. The van der Waals surface area contributed by atoms with E-state index >= 15 is 0 Å². The molecule has 0 saturated carbocycles. The molecule has 3 heteroatoms. The second kappa shape index (κ2) is 6.58. The third-order valence-corrected chi connectivity index (χ3v) is 3.63. The summed E-state index contributed by atoms with van der Waals surface area (Å²) in [5, 5.41) is 3.32. The van der Waals surface area contributed by atoms with Gasteiger partial charge in [0.25, 0.3) is 0 Å². The van der Waals surface area contributed by atoms with Crippen molar-refractivity contribution in [3.05, 3.63) is 0 Å². The molecule has 16 heavy (non-hydrogen) atoms. The van der Waals surface area contributed by atoms with E-state index in [0.29, 0.717) is 6.04 Å². The molecule has 1 aliphatic rings. The molecule has 0 spiro atoms. The maximum atomic E-state index is 3.32. The Kier molecular flexibility index (Phi) is 5.73. The van der Waals surface area contributed by atoms with Gasteiger partial charge in [-0.1, -0.05) is 13.8 Å². The van der Waals surface area contributed by atoms with E-state index in [1.807, 2.05) is 0 Å². The number of nitrogens with one attached hydrogen (secondary N) is 1. The topological polar surface area (TPSA) is 18.5 Å². The van der Waals surface area contributed by atoms with E-state index in [1.165, 1.54) is 26.1 Å². The van der Waals surface area contributed by atoms with E-state index in [1.54, 1.807) is 0 Å². The van der Waals surface area contributed by atoms with Crippen LogP contribution in [-0.2, 0) is 0 Å². The maximum absolute atomic E-state index is 3.32. The van der Waals surface area contributed by atoms with Gasteiger partial charge in [0, 0.05) is 31.7 Å². The highest BCUT2D eigenvalue weighted by Gasteiger charge is 2.26. The largest absolute Gasteiger partial charge is 0.318 e. The fraction of sp³-hybridized carbons (Fsp3) is 1.00. The third-order valence-electron chi connectivity index (χ3n) is 3.63. The van der Waals surface area contributed by atoms with E-state index in [2.05, 4.69) is 50.0 Å². The highest BCUT2D eigenvalue weighted by molar-refractivity contribution is 4.83. The lowest BCUT2D eigenvalue weighted by molar-refractivity contribution is 0.164. The van der Waals surface area contributed by atoms with Crippen molar-refractivity contribution < 1.29 is 0 Å². The molecular formula is C13H29N3. The summed E-state index contributed by atoms with van der Waals surface area (Å²) in [6, 6.07) is 1.39. The minimum atomic E-state index is 0.661. The van der Waals surface area contributed by atoms with Crippen LogP contribution < -0.4 is 5.32 Å². The Labute approximate surface area is 101 Å². The van der Waals surface area contributed by atoms with E-state index < -0.39 is 0 Å². The molecule has 96 valence electrons. The summed E-state index contributed by atoms with van der Waals surface area (Å²) >= 11 is 0. The van der Waals surface area contributed by atoms with Crippen LogP contribution in [0.3, 0.4) is 0 Å². The highest BCUT2D eigenvalue weighted by Crippen LogP contribution is 2.15. The van der Waals surface area contributed by atoms with Gasteiger partial charge in [-0.25, -0.2) is 0 Å². The summed E-state index contributed by atoms with van der Waals surface area (Å²) in [6.45, 7) is 11.8. The van der Waals surface area contributed by atoms with Gasteiger partial charge in [0.2, 0.25) is 0 Å². The monoisotopic (exact) mass is 227 g/mol. The van der Waals surface area contributed by atoms with Crippen molar-refractivity contribution in [1.82, 2.24) is 15.1 Å². The quantitative estimate of drug-likeness (QED) is 0.780. The van der Waals surface area contributed by atoms with Crippen LogP contribution in [0.4, 0.5) is 0 Å². The van der Waals surface area contributed by atoms with E-state index in [4.69, 9.17) is 0 Å². The van der Waals surface area contributed by atoms with Crippen LogP contribution in [-0.4, -0.2) is 62.2 Å². The van der Waals surface area contributed by atoms with Gasteiger partial charge in [0.1, 0.15) is 0 Å². The highest BCUT2D eigenvalue weighted by atomic mass is 15.3. The smallest absolute Gasteiger partial charge is 0.0344 e. The van der Waals surface area contributed by atoms with Gasteiger partial charge >= 0.3 is 0 Å². The molecule has 1 aliphatic heterocycles. The van der Waals surface area contributed by atoms with Gasteiger partial charge in [-0.15, -0.1) is 0 Å². The first-order chi connectivity index (χ1) is 7.54. The van der Waals surface area contributed by atoms with Crippen LogP contribution in [0, 0.1) is 5.92 Å². The second-order valence-electron chi connectivity index (χ2n) is 5.68. The van der Waals surface area contributed by atoms with Crippen LogP contribution in [0.2, 0.25) is 0 Å². The minimum absolute atomic E-state index is 0.661. The molecule has 1 rings (SSSR count). The molecule has 1 fully saturated rings. The molecule has 1 heterocycles. The summed E-state index contributed by atoms with van der Waals surface area (Å²) < 4.78 is 0. The van der Waals surface area contributed by atoms with E-state index in [0.717, 1.165) is 18.5 Å².